The first-order valence-electron chi connectivity index (χ1n) is 13.1. The Kier molecular flexibility index (Phi) is 9.19. The van der Waals surface area contributed by atoms with Crippen LogP contribution < -0.4 is 4.74 Å². The summed E-state index contributed by atoms with van der Waals surface area (Å²) in [7, 11) is 0. The molecule has 0 saturated heterocycles. The molecule has 10 heteroatoms. The number of rotatable bonds is 7. The second-order valence-electron chi connectivity index (χ2n) is 10.1. The molecule has 0 spiro atoms. The van der Waals surface area contributed by atoms with E-state index in [4.69, 9.17) is 4.74 Å². The van der Waals surface area contributed by atoms with Crippen LogP contribution in [-0.4, -0.2) is 12.1 Å². The van der Waals surface area contributed by atoms with E-state index < -0.39 is 69.2 Å². The lowest BCUT2D eigenvalue weighted by Gasteiger charge is -2.28. The van der Waals surface area contributed by atoms with Gasteiger partial charge in [0.1, 0.15) is 34.8 Å². The lowest BCUT2D eigenvalue weighted by atomic mass is 9.77. The third kappa shape index (κ3) is 7.34. The number of alkyl halides is 3. The van der Waals surface area contributed by atoms with E-state index in [0.29, 0.717) is 30.2 Å². The molecule has 0 N–H and O–H groups in total. The van der Waals surface area contributed by atoms with E-state index in [1.165, 1.54) is 12.1 Å². The van der Waals surface area contributed by atoms with Gasteiger partial charge in [-0.2, -0.15) is 13.2 Å². The predicted molar refractivity (Wildman–Crippen MR) is 138 cm³/mol. The Balaban J connectivity index is 1.50. The molecule has 1 fully saturated rings. The lowest BCUT2D eigenvalue weighted by Crippen LogP contribution is -2.15. The molecule has 0 aliphatic heterocycles. The van der Waals surface area contributed by atoms with Gasteiger partial charge in [0, 0.05) is 23.8 Å². The van der Waals surface area contributed by atoms with Gasteiger partial charge in [-0.1, -0.05) is 25.8 Å². The number of halogens is 8. The highest BCUT2D eigenvalue weighted by molar-refractivity contribution is 5.91. The average molecular weight is 583 g/mol. The van der Waals surface area contributed by atoms with Gasteiger partial charge in [0.05, 0.1) is 11.1 Å². The smallest absolute Gasteiger partial charge is 0.409 e. The number of carbonyl (C=O) groups is 1. The summed E-state index contributed by atoms with van der Waals surface area (Å²) < 4.78 is 115. The topological polar surface area (TPSA) is 26.3 Å². The maximum atomic E-state index is 14.8. The second-order valence-corrected chi connectivity index (χ2v) is 10.1. The van der Waals surface area contributed by atoms with Crippen LogP contribution >= 0.6 is 0 Å². The Morgan fingerprint density at radius 3 is 2.00 bits per heavy atom. The number of esters is 1. The number of hydrogen-bond acceptors (Lipinski definition) is 2. The quantitative estimate of drug-likeness (QED) is 0.157. The zero-order chi connectivity index (χ0) is 29.9. The molecule has 0 atom stereocenters. The number of carbonyl (C=O) groups excluding carboxylic acids is 1. The minimum absolute atomic E-state index is 0.160. The summed E-state index contributed by atoms with van der Waals surface area (Å²) in [6.45, 7) is 2.14. The van der Waals surface area contributed by atoms with Crippen LogP contribution in [0.25, 0.3) is 17.2 Å². The number of ether oxygens (including phenoxy) is 1. The van der Waals surface area contributed by atoms with E-state index in [1.807, 2.05) is 0 Å². The minimum atomic E-state index is -4.83. The molecular weight excluding hydrogens is 556 g/mol. The number of benzene rings is 3. The number of allylic oxidation sites excluding steroid dienone is 1. The summed E-state index contributed by atoms with van der Waals surface area (Å²) in [5.41, 5.74) is -2.27. The first-order valence-corrected chi connectivity index (χ1v) is 13.1. The fraction of sp³-hybridized carbons (Fsp3) is 0.323. The van der Waals surface area contributed by atoms with E-state index in [2.05, 4.69) is 6.92 Å². The van der Waals surface area contributed by atoms with E-state index >= 15 is 0 Å². The monoisotopic (exact) mass is 582 g/mol. The molecule has 0 radical (unpaired) electrons. The van der Waals surface area contributed by atoms with Crippen molar-refractivity contribution in [3.05, 3.63) is 94.3 Å². The molecule has 1 aliphatic rings. The van der Waals surface area contributed by atoms with Crippen LogP contribution in [0.2, 0.25) is 0 Å². The van der Waals surface area contributed by atoms with Crippen LogP contribution in [0.15, 0.2) is 48.5 Å². The van der Waals surface area contributed by atoms with Crippen molar-refractivity contribution in [3.63, 3.8) is 0 Å². The SMILES string of the molecule is CCCC1CCC(c2ccc(C(=O)Oc3cc(F)c(-c4cc(F)c(/C=C/C(F)(F)F)c(F)c4)c(F)c3)c(F)c2)CC1. The van der Waals surface area contributed by atoms with E-state index in [0.717, 1.165) is 44.1 Å². The van der Waals surface area contributed by atoms with Gasteiger partial charge in [-0.3, -0.25) is 0 Å². The minimum Gasteiger partial charge on any atom is -0.423 e. The molecule has 4 rings (SSSR count). The van der Waals surface area contributed by atoms with Crippen molar-refractivity contribution in [2.45, 2.75) is 57.5 Å². The normalized spacial score (nSPS) is 17.7. The fourth-order valence-corrected chi connectivity index (χ4v) is 5.26. The summed E-state index contributed by atoms with van der Waals surface area (Å²) in [6, 6.07) is 6.24. The zero-order valence-electron chi connectivity index (χ0n) is 21.9. The van der Waals surface area contributed by atoms with Crippen molar-refractivity contribution in [2.75, 3.05) is 0 Å². The first kappa shape index (κ1) is 30.3. The standard InChI is InChI=1S/C31H26F8O2/c1-2-3-17-4-6-18(7-5-17)19-8-9-23(26(34)12-19)30(40)41-21-15-27(35)29(28(36)16-21)20-13-24(32)22(25(33)14-20)10-11-31(37,38)39/h8-18H,2-7H2,1H3/b11-10+. The zero-order valence-corrected chi connectivity index (χ0v) is 21.9. The molecule has 0 amide bonds. The molecule has 2 nitrogen and oxygen atoms in total. The van der Waals surface area contributed by atoms with Crippen molar-refractivity contribution in [3.8, 4) is 16.9 Å². The Bertz CT molecular complexity index is 1410. The molecule has 1 aliphatic carbocycles. The summed E-state index contributed by atoms with van der Waals surface area (Å²) in [5.74, 6) is -7.55. The van der Waals surface area contributed by atoms with E-state index in [9.17, 15) is 39.9 Å². The molecular formula is C31H26F8O2. The molecule has 3 aromatic carbocycles. The third-order valence-corrected chi connectivity index (χ3v) is 7.26. The lowest BCUT2D eigenvalue weighted by molar-refractivity contribution is -0.0790. The van der Waals surface area contributed by atoms with Gasteiger partial charge >= 0.3 is 12.1 Å². The summed E-state index contributed by atoms with van der Waals surface area (Å²) in [5, 5.41) is 0. The Morgan fingerprint density at radius 1 is 0.854 bits per heavy atom. The van der Waals surface area contributed by atoms with Gasteiger partial charge in [-0.15, -0.1) is 0 Å². The Morgan fingerprint density at radius 2 is 1.46 bits per heavy atom. The summed E-state index contributed by atoms with van der Waals surface area (Å²) >= 11 is 0. The van der Waals surface area contributed by atoms with Gasteiger partial charge in [-0.05, 0) is 79.0 Å². The van der Waals surface area contributed by atoms with Crippen molar-refractivity contribution < 1.29 is 44.7 Å². The van der Waals surface area contributed by atoms with Crippen LogP contribution in [-0.2, 0) is 0 Å². The van der Waals surface area contributed by atoms with Gasteiger partial charge < -0.3 is 4.74 Å². The molecule has 41 heavy (non-hydrogen) atoms. The molecule has 0 unspecified atom stereocenters. The predicted octanol–water partition coefficient (Wildman–Crippen LogP) is 9.92. The summed E-state index contributed by atoms with van der Waals surface area (Å²) in [4.78, 5) is 12.6. The van der Waals surface area contributed by atoms with E-state index in [-0.39, 0.29) is 18.1 Å². The van der Waals surface area contributed by atoms with E-state index in [1.54, 1.807) is 6.07 Å². The first-order chi connectivity index (χ1) is 19.4. The number of hydrogen-bond donors (Lipinski definition) is 0. The van der Waals surface area contributed by atoms with Gasteiger partial charge in [0.2, 0.25) is 0 Å². The highest BCUT2D eigenvalue weighted by Gasteiger charge is 2.26. The fourth-order valence-electron chi connectivity index (χ4n) is 5.26. The highest BCUT2D eigenvalue weighted by atomic mass is 19.4. The molecule has 0 heterocycles. The molecule has 0 bridgehead atoms. The van der Waals surface area contributed by atoms with Crippen molar-refractivity contribution >= 4 is 12.0 Å². The van der Waals surface area contributed by atoms with Crippen molar-refractivity contribution in [1.29, 1.82) is 0 Å². The highest BCUT2D eigenvalue weighted by Crippen LogP contribution is 2.38. The largest absolute Gasteiger partial charge is 0.423 e. The van der Waals surface area contributed by atoms with Crippen molar-refractivity contribution in [2.24, 2.45) is 5.92 Å². The summed E-state index contributed by atoms with van der Waals surface area (Å²) in [6.07, 6.45) is 1.16. The van der Waals surface area contributed by atoms with Gasteiger partial charge in [0.15, 0.2) is 0 Å². The van der Waals surface area contributed by atoms with Crippen LogP contribution in [0.3, 0.4) is 0 Å². The maximum absolute atomic E-state index is 14.8. The van der Waals surface area contributed by atoms with Gasteiger partial charge in [-0.25, -0.2) is 26.7 Å². The third-order valence-electron chi connectivity index (χ3n) is 7.26. The average Bonchev–Trinajstić information content (AvgIpc) is 2.87. The molecule has 3 aromatic rings. The molecule has 1 saturated carbocycles. The van der Waals surface area contributed by atoms with Crippen LogP contribution in [0.1, 0.15) is 72.9 Å². The molecule has 218 valence electrons. The van der Waals surface area contributed by atoms with Gasteiger partial charge in [0.25, 0.3) is 0 Å². The van der Waals surface area contributed by atoms with Crippen LogP contribution in [0, 0.1) is 35.0 Å². The Labute approximate surface area is 231 Å². The van der Waals surface area contributed by atoms with Crippen molar-refractivity contribution in [1.82, 2.24) is 0 Å². The van der Waals surface area contributed by atoms with Crippen LogP contribution in [0.4, 0.5) is 35.1 Å². The molecule has 0 aromatic heterocycles. The second kappa shape index (κ2) is 12.4. The Hall–Kier alpha value is -3.69. The van der Waals surface area contributed by atoms with Crippen LogP contribution in [0.5, 0.6) is 5.75 Å². The maximum Gasteiger partial charge on any atom is 0.409 e.